The van der Waals surface area contributed by atoms with Crippen molar-refractivity contribution in [2.45, 2.75) is 65.1 Å². The molecule has 1 saturated carbocycles. The summed E-state index contributed by atoms with van der Waals surface area (Å²) in [6.45, 7) is 9.91. The summed E-state index contributed by atoms with van der Waals surface area (Å²) in [5, 5.41) is 3.03. The molecule has 1 aromatic heterocycles. The summed E-state index contributed by atoms with van der Waals surface area (Å²) >= 11 is 1.46. The molecular formula is C23H32F3N3O2S. The van der Waals surface area contributed by atoms with E-state index in [0.717, 1.165) is 36.0 Å². The van der Waals surface area contributed by atoms with Crippen LogP contribution in [0, 0.1) is 18.8 Å². The lowest BCUT2D eigenvalue weighted by atomic mass is 9.91. The van der Waals surface area contributed by atoms with Gasteiger partial charge in [0.25, 0.3) is 5.91 Å². The summed E-state index contributed by atoms with van der Waals surface area (Å²) in [4.78, 5) is 19.3. The van der Waals surface area contributed by atoms with E-state index >= 15 is 0 Å². The molecule has 2 aliphatic rings. The van der Waals surface area contributed by atoms with Crippen molar-refractivity contribution in [3.05, 3.63) is 38.8 Å². The van der Waals surface area contributed by atoms with Gasteiger partial charge >= 0.3 is 6.18 Å². The van der Waals surface area contributed by atoms with Gasteiger partial charge in [-0.15, -0.1) is 11.3 Å². The fraction of sp³-hybridized carbons (Fsp3) is 0.652. The Kier molecular flexibility index (Phi) is 7.39. The SMILES string of the molecule is COCCNC1=C(C(=O)/N=c2\sc(C(C)(C)C)c(C)n2CC2CC2)CC(C(F)(F)F)C=C1. The first-order valence-corrected chi connectivity index (χ1v) is 11.7. The third kappa shape index (κ3) is 5.92. The molecule has 5 nitrogen and oxygen atoms in total. The van der Waals surface area contributed by atoms with Crippen molar-refractivity contribution >= 4 is 17.2 Å². The average molecular weight is 472 g/mol. The lowest BCUT2D eigenvalue weighted by Gasteiger charge is -2.23. The first kappa shape index (κ1) is 24.8. The summed E-state index contributed by atoms with van der Waals surface area (Å²) in [6.07, 6.45) is -0.0823. The summed E-state index contributed by atoms with van der Waals surface area (Å²) in [5.41, 5.74) is 1.41. The van der Waals surface area contributed by atoms with E-state index in [1.54, 1.807) is 7.11 Å². The van der Waals surface area contributed by atoms with Gasteiger partial charge in [-0.25, -0.2) is 0 Å². The van der Waals surface area contributed by atoms with Crippen molar-refractivity contribution in [2.24, 2.45) is 16.8 Å². The number of carbonyl (C=O) groups is 1. The minimum atomic E-state index is -4.41. The first-order valence-electron chi connectivity index (χ1n) is 10.9. The fourth-order valence-corrected chi connectivity index (χ4v) is 4.98. The van der Waals surface area contributed by atoms with Crippen LogP contribution in [0.5, 0.6) is 0 Å². The molecule has 0 radical (unpaired) electrons. The van der Waals surface area contributed by atoms with Gasteiger partial charge in [-0.1, -0.05) is 26.8 Å². The van der Waals surface area contributed by atoms with E-state index in [1.807, 2.05) is 6.92 Å². The number of thiazole rings is 1. The molecule has 1 N–H and O–H groups in total. The van der Waals surface area contributed by atoms with Crippen molar-refractivity contribution < 1.29 is 22.7 Å². The first-order chi connectivity index (χ1) is 14.9. The Balaban J connectivity index is 2.01. The number of alkyl halides is 3. The molecule has 0 aromatic carbocycles. The van der Waals surface area contributed by atoms with Gasteiger partial charge in [0.05, 0.1) is 12.5 Å². The number of hydrogen-bond donors (Lipinski definition) is 1. The monoisotopic (exact) mass is 471 g/mol. The Hall–Kier alpha value is -1.87. The van der Waals surface area contributed by atoms with E-state index in [0.29, 0.717) is 29.6 Å². The van der Waals surface area contributed by atoms with Crippen molar-refractivity contribution in [3.8, 4) is 0 Å². The maximum atomic E-state index is 13.4. The molecule has 0 aliphatic heterocycles. The molecule has 0 spiro atoms. The smallest absolute Gasteiger partial charge is 0.383 e. The normalized spacial score (nSPS) is 20.2. The Morgan fingerprint density at radius 2 is 2.00 bits per heavy atom. The summed E-state index contributed by atoms with van der Waals surface area (Å²) in [7, 11) is 1.54. The topological polar surface area (TPSA) is 55.6 Å². The highest BCUT2D eigenvalue weighted by Gasteiger charge is 2.41. The highest BCUT2D eigenvalue weighted by molar-refractivity contribution is 7.09. The Labute approximate surface area is 191 Å². The zero-order valence-electron chi connectivity index (χ0n) is 19.3. The standard InChI is InChI=1S/C23H32F3N3O2S/c1-14-19(22(2,3)4)32-21(29(14)13-15-6-7-15)28-20(30)17-12-16(23(24,25)26)8-9-18(17)27-10-11-31-5/h8-9,15-16,27H,6-7,10-13H2,1-5H3/b28-21-. The van der Waals surface area contributed by atoms with E-state index in [1.165, 1.54) is 17.4 Å². The summed E-state index contributed by atoms with van der Waals surface area (Å²) in [5.74, 6) is -1.74. The molecule has 178 valence electrons. The quantitative estimate of drug-likeness (QED) is 0.591. The van der Waals surface area contributed by atoms with Crippen molar-refractivity contribution in [1.29, 1.82) is 0 Å². The predicted molar refractivity (Wildman–Crippen MR) is 119 cm³/mol. The second-order valence-electron chi connectivity index (χ2n) is 9.54. The third-order valence-corrected chi connectivity index (χ3v) is 7.32. The minimum Gasteiger partial charge on any atom is -0.383 e. The molecule has 0 bridgehead atoms. The van der Waals surface area contributed by atoms with Crippen LogP contribution in [-0.2, 0) is 21.5 Å². The second kappa shape index (κ2) is 9.55. The van der Waals surface area contributed by atoms with Gasteiger partial charge in [0.1, 0.15) is 0 Å². The van der Waals surface area contributed by atoms with E-state index in [4.69, 9.17) is 4.74 Å². The van der Waals surface area contributed by atoms with Crippen LogP contribution in [-0.4, -0.2) is 36.9 Å². The van der Waals surface area contributed by atoms with Crippen LogP contribution in [0.3, 0.4) is 0 Å². The molecule has 1 atom stereocenters. The fourth-order valence-electron chi connectivity index (χ4n) is 3.78. The van der Waals surface area contributed by atoms with E-state index in [2.05, 4.69) is 35.6 Å². The molecule has 1 unspecified atom stereocenters. The molecule has 1 amide bonds. The van der Waals surface area contributed by atoms with Crippen molar-refractivity contribution in [1.82, 2.24) is 9.88 Å². The van der Waals surface area contributed by atoms with Gasteiger partial charge < -0.3 is 14.6 Å². The molecule has 2 aliphatic carbocycles. The van der Waals surface area contributed by atoms with E-state index in [9.17, 15) is 18.0 Å². The van der Waals surface area contributed by atoms with Gasteiger partial charge in [-0.2, -0.15) is 18.2 Å². The average Bonchev–Trinajstić information content (AvgIpc) is 3.46. The van der Waals surface area contributed by atoms with Crippen LogP contribution >= 0.6 is 11.3 Å². The van der Waals surface area contributed by atoms with Crippen LogP contribution < -0.4 is 10.1 Å². The van der Waals surface area contributed by atoms with Gasteiger partial charge in [0.15, 0.2) is 4.80 Å². The number of aromatic nitrogens is 1. The molecule has 3 rings (SSSR count). The number of ether oxygens (including phenoxy) is 1. The molecular weight excluding hydrogens is 439 g/mol. The maximum absolute atomic E-state index is 13.4. The molecule has 32 heavy (non-hydrogen) atoms. The van der Waals surface area contributed by atoms with Gasteiger partial charge in [-0.05, 0) is 43.6 Å². The summed E-state index contributed by atoms with van der Waals surface area (Å²) < 4.78 is 47.2. The third-order valence-electron chi connectivity index (χ3n) is 5.72. The van der Waals surface area contributed by atoms with Gasteiger partial charge in [0, 0.05) is 42.0 Å². The van der Waals surface area contributed by atoms with Crippen LogP contribution in [0.2, 0.25) is 0 Å². The number of carbonyl (C=O) groups excluding carboxylic acids is 1. The zero-order chi connectivity index (χ0) is 23.7. The molecule has 0 saturated heterocycles. The second-order valence-corrected chi connectivity index (χ2v) is 10.5. The Bertz CT molecular complexity index is 976. The number of hydrogen-bond acceptors (Lipinski definition) is 4. The van der Waals surface area contributed by atoms with Crippen molar-refractivity contribution in [3.63, 3.8) is 0 Å². The zero-order valence-corrected chi connectivity index (χ0v) is 20.1. The Morgan fingerprint density at radius 1 is 1.31 bits per heavy atom. The summed E-state index contributed by atoms with van der Waals surface area (Å²) in [6, 6.07) is 0. The highest BCUT2D eigenvalue weighted by Crippen LogP contribution is 2.36. The predicted octanol–water partition coefficient (Wildman–Crippen LogP) is 4.62. The lowest BCUT2D eigenvalue weighted by molar-refractivity contribution is -0.161. The largest absolute Gasteiger partial charge is 0.395 e. The van der Waals surface area contributed by atoms with Crippen LogP contribution in [0.15, 0.2) is 28.4 Å². The number of halogens is 3. The molecule has 1 heterocycles. The highest BCUT2D eigenvalue weighted by atomic mass is 32.1. The number of nitrogens with zero attached hydrogens (tertiary/aromatic N) is 2. The van der Waals surface area contributed by atoms with Crippen LogP contribution in [0.25, 0.3) is 0 Å². The molecule has 1 fully saturated rings. The van der Waals surface area contributed by atoms with Gasteiger partial charge in [0.2, 0.25) is 0 Å². The number of methoxy groups -OCH3 is 1. The number of amides is 1. The van der Waals surface area contributed by atoms with Crippen molar-refractivity contribution in [2.75, 3.05) is 20.3 Å². The molecule has 9 heteroatoms. The lowest BCUT2D eigenvalue weighted by Crippen LogP contribution is -2.30. The number of nitrogens with one attached hydrogen (secondary N) is 1. The number of allylic oxidation sites excluding steroid dienone is 2. The Morgan fingerprint density at radius 3 is 2.56 bits per heavy atom. The van der Waals surface area contributed by atoms with E-state index in [-0.39, 0.29) is 11.0 Å². The van der Waals surface area contributed by atoms with Crippen LogP contribution in [0.4, 0.5) is 13.2 Å². The molecule has 1 aromatic rings. The van der Waals surface area contributed by atoms with Gasteiger partial charge in [-0.3, -0.25) is 4.79 Å². The van der Waals surface area contributed by atoms with Crippen LogP contribution in [0.1, 0.15) is 50.6 Å². The minimum absolute atomic E-state index is 0.0623. The maximum Gasteiger partial charge on any atom is 0.395 e. The van der Waals surface area contributed by atoms with E-state index < -0.39 is 24.4 Å². The number of rotatable bonds is 7.